The van der Waals surface area contributed by atoms with Crippen molar-refractivity contribution < 1.29 is 59.2 Å². The highest BCUT2D eigenvalue weighted by Crippen LogP contribution is 2.31. The average molecular weight is 1330 g/mol. The number of amides is 8. The van der Waals surface area contributed by atoms with E-state index in [9.17, 15) is 38.4 Å². The first kappa shape index (κ1) is 70.2. The highest BCUT2D eigenvalue weighted by Gasteiger charge is 2.31. The third kappa shape index (κ3) is 17.5. The molecule has 0 bridgehead atoms. The van der Waals surface area contributed by atoms with Gasteiger partial charge in [-0.2, -0.15) is 5.10 Å². The van der Waals surface area contributed by atoms with Gasteiger partial charge in [0.25, 0.3) is 23.6 Å². The van der Waals surface area contributed by atoms with Gasteiger partial charge in [0.1, 0.15) is 6.54 Å². The first-order valence-corrected chi connectivity index (χ1v) is 33.0. The molecule has 22 heteroatoms. The molecule has 98 heavy (non-hydrogen) atoms. The van der Waals surface area contributed by atoms with Crippen LogP contribution in [-0.4, -0.2) is 124 Å². The molecule has 508 valence electrons. The maximum atomic E-state index is 12.8. The van der Waals surface area contributed by atoms with Gasteiger partial charge < -0.3 is 19.6 Å². The Balaban J connectivity index is 0.000000143. The molecule has 5 heterocycles. The Morgan fingerprint density at radius 2 is 0.837 bits per heavy atom. The number of aryl methyl sites for hydroxylation is 2. The lowest BCUT2D eigenvalue weighted by Crippen LogP contribution is -2.39. The van der Waals surface area contributed by atoms with Crippen LogP contribution in [0, 0.1) is 19.8 Å². The highest BCUT2D eigenvalue weighted by molar-refractivity contribution is 5.95. The minimum atomic E-state index is -0.527. The van der Waals surface area contributed by atoms with Gasteiger partial charge in [-0.25, -0.2) is 21.9 Å². The Labute approximate surface area is 568 Å². The van der Waals surface area contributed by atoms with E-state index in [-0.39, 0.29) is 42.0 Å². The van der Waals surface area contributed by atoms with Crippen molar-refractivity contribution in [1.29, 1.82) is 0 Å². The average Bonchev–Trinajstić information content (AvgIpc) is 2.24. The second-order valence-corrected chi connectivity index (χ2v) is 25.3. The van der Waals surface area contributed by atoms with Crippen molar-refractivity contribution in [3.8, 4) is 11.1 Å². The van der Waals surface area contributed by atoms with Crippen LogP contribution in [0.25, 0.3) is 11.1 Å². The zero-order chi connectivity index (χ0) is 69.4. The maximum Gasteiger partial charge on any atom is 0.274 e. The summed E-state index contributed by atoms with van der Waals surface area (Å²) >= 11 is 0. The normalized spacial score (nSPS) is 14.7. The van der Waals surface area contributed by atoms with Gasteiger partial charge in [-0.1, -0.05) is 122 Å². The van der Waals surface area contributed by atoms with Gasteiger partial charge in [0.05, 0.1) is 18.0 Å². The van der Waals surface area contributed by atoms with Crippen LogP contribution in [0.2, 0.25) is 0 Å². The van der Waals surface area contributed by atoms with Gasteiger partial charge in [-0.15, -0.1) is 0 Å². The van der Waals surface area contributed by atoms with Crippen LogP contribution in [0.4, 0.5) is 0 Å². The fourth-order valence-corrected chi connectivity index (χ4v) is 13.2. The third-order valence-corrected chi connectivity index (χ3v) is 18.8. The van der Waals surface area contributed by atoms with E-state index in [0.29, 0.717) is 100 Å². The first-order chi connectivity index (χ1) is 47.4. The van der Waals surface area contributed by atoms with Gasteiger partial charge in [0.15, 0.2) is 0 Å². The van der Waals surface area contributed by atoms with Gasteiger partial charge >= 0.3 is 0 Å². The molecular weight excluding hydrogens is 1240 g/mol. The number of fused-ring (bicyclic) bond motifs is 4. The van der Waals surface area contributed by atoms with Crippen molar-refractivity contribution in [2.75, 3.05) is 26.2 Å². The quantitative estimate of drug-likeness (QED) is 0.0419. The number of rotatable bonds is 12. The molecule has 1 aromatic heterocycles. The lowest BCUT2D eigenvalue weighted by Gasteiger charge is -2.31. The summed E-state index contributed by atoms with van der Waals surface area (Å²) in [4.78, 5) is 104. The second kappa shape index (κ2) is 32.9. The SMILES string of the molecule is C[C@H](C(=O)N1CCc2cc(C(=O)NO)ccc2C1)c1ccccc1.Cc1cc(C)n(CC(=O)N2CCc3cc(C(=O)NO)ccc3C2)n1.O=C(NO)c1ccc2c(c1)CCN(C(=O)C1CCCC1)C2.O=C(NO)c1ccc2c(c1)CCN(C(=O)Cc1ccc(-c3ccccc3)cc1)C2. The number of carbonyl (C=O) groups excluding carboxylic acids is 8. The molecule has 4 aliphatic heterocycles. The number of hydrogen-bond acceptors (Lipinski definition) is 13. The lowest BCUT2D eigenvalue weighted by atomic mass is 9.94. The monoisotopic (exact) mass is 1330 g/mol. The standard InChI is InChI=1S/C24H22N2O3.C19H20N2O3.C17H20N4O3.C16H20N2O3/c27-23(14-17-6-8-19(9-7-17)18-4-2-1-3-5-18)26-13-12-20-15-21(24(28)25-29)10-11-22(20)16-26;1-13(14-5-3-2-4-6-14)19(23)21-10-9-15-11-16(18(22)20-24)7-8-17(15)12-21;1-11-7-12(2)21(18-11)10-16(22)20-6-5-13-8-14(17(23)19-24)3-4-15(13)9-20;19-15(17-21)13-5-6-14-10-18(8-7-12(14)9-13)16(20)11-3-1-2-4-11/h1-11,15,29H,12-14,16H2,(H,25,28);2-8,11,13,24H,9-10,12H2,1H3,(H,20,22);3-4,7-8,24H,5-6,9-10H2,1-2H3,(H,19,23);5-6,9,11,21H,1-4,7-8,10H2,(H,17,19)/t;13-;;/m.0../s1. The molecule has 22 nitrogen and oxygen atoms in total. The number of benzene rings is 7. The van der Waals surface area contributed by atoms with E-state index in [1.807, 2.05) is 131 Å². The Morgan fingerprint density at radius 3 is 1.27 bits per heavy atom. The molecule has 8 aromatic rings. The Morgan fingerprint density at radius 1 is 0.449 bits per heavy atom. The summed E-state index contributed by atoms with van der Waals surface area (Å²) < 4.78 is 1.72. The number of hydrogen-bond donors (Lipinski definition) is 8. The molecule has 1 fully saturated rings. The van der Waals surface area contributed by atoms with Crippen molar-refractivity contribution in [2.45, 2.75) is 117 Å². The minimum absolute atomic E-state index is 0.0315. The smallest absolute Gasteiger partial charge is 0.274 e. The van der Waals surface area contributed by atoms with Crippen molar-refractivity contribution in [3.05, 3.63) is 253 Å². The molecule has 8 N–H and O–H groups in total. The molecule has 1 saturated carbocycles. The van der Waals surface area contributed by atoms with Gasteiger partial charge in [-0.05, 0) is 181 Å². The number of hydroxylamine groups is 4. The summed E-state index contributed by atoms with van der Waals surface area (Å²) in [6.07, 6.45) is 7.60. The van der Waals surface area contributed by atoms with Gasteiger partial charge in [0.2, 0.25) is 23.6 Å². The number of nitrogens with one attached hydrogen (secondary N) is 4. The fraction of sp³-hybridized carbons (Fsp3) is 0.303. The Hall–Kier alpha value is -10.7. The minimum Gasteiger partial charge on any atom is -0.338 e. The van der Waals surface area contributed by atoms with Crippen LogP contribution in [0.1, 0.15) is 147 Å². The van der Waals surface area contributed by atoms with Gasteiger partial charge in [0, 0.05) is 86.2 Å². The lowest BCUT2D eigenvalue weighted by molar-refractivity contribution is -0.136. The van der Waals surface area contributed by atoms with E-state index in [4.69, 9.17) is 20.8 Å². The largest absolute Gasteiger partial charge is 0.338 e. The summed E-state index contributed by atoms with van der Waals surface area (Å²) in [5, 5.41) is 39.2. The molecule has 1 aliphatic carbocycles. The number of aromatic nitrogens is 2. The molecule has 1 atom stereocenters. The Kier molecular flexibility index (Phi) is 23.5. The van der Waals surface area contributed by atoms with E-state index in [1.54, 1.807) is 75.1 Å². The van der Waals surface area contributed by atoms with Gasteiger partial charge in [-0.3, -0.25) is 63.9 Å². The summed E-state index contributed by atoms with van der Waals surface area (Å²) in [5.41, 5.74) is 22.9. The molecule has 5 aliphatic rings. The van der Waals surface area contributed by atoms with Crippen molar-refractivity contribution in [3.63, 3.8) is 0 Å². The molecular formula is C76H82N10O12. The molecule has 0 spiro atoms. The third-order valence-electron chi connectivity index (χ3n) is 18.8. The van der Waals surface area contributed by atoms with E-state index >= 15 is 0 Å². The summed E-state index contributed by atoms with van der Waals surface area (Å²) in [5.74, 6) is -1.50. The van der Waals surface area contributed by atoms with E-state index in [0.717, 1.165) is 97.4 Å². The van der Waals surface area contributed by atoms with Crippen molar-refractivity contribution in [1.82, 2.24) is 51.3 Å². The van der Waals surface area contributed by atoms with Crippen LogP contribution in [0.3, 0.4) is 0 Å². The van der Waals surface area contributed by atoms with E-state index in [1.165, 1.54) is 12.8 Å². The summed E-state index contributed by atoms with van der Waals surface area (Å²) in [6.45, 7) is 10.8. The maximum absolute atomic E-state index is 12.8. The van der Waals surface area contributed by atoms with Crippen molar-refractivity contribution in [2.24, 2.45) is 5.92 Å². The second-order valence-electron chi connectivity index (χ2n) is 25.3. The number of carbonyl (C=O) groups is 8. The summed E-state index contributed by atoms with van der Waals surface area (Å²) in [6, 6.07) is 51.3. The predicted octanol–water partition coefficient (Wildman–Crippen LogP) is 9.18. The molecule has 13 rings (SSSR count). The van der Waals surface area contributed by atoms with Crippen LogP contribution < -0.4 is 21.9 Å². The fourth-order valence-electron chi connectivity index (χ4n) is 13.2. The van der Waals surface area contributed by atoms with Crippen LogP contribution in [-0.2, 0) is 84.0 Å². The molecule has 0 unspecified atom stereocenters. The number of nitrogens with zero attached hydrogens (tertiary/aromatic N) is 6. The van der Waals surface area contributed by atoms with Crippen LogP contribution in [0.5, 0.6) is 0 Å². The highest BCUT2D eigenvalue weighted by atomic mass is 16.5. The first-order valence-electron chi connectivity index (χ1n) is 33.0. The van der Waals surface area contributed by atoms with Crippen LogP contribution >= 0.6 is 0 Å². The zero-order valence-corrected chi connectivity index (χ0v) is 55.2. The van der Waals surface area contributed by atoms with E-state index < -0.39 is 23.6 Å². The molecule has 7 aromatic carbocycles. The molecule has 0 radical (unpaired) electrons. The predicted molar refractivity (Wildman–Crippen MR) is 363 cm³/mol. The zero-order valence-electron chi connectivity index (χ0n) is 55.2. The molecule has 8 amide bonds. The molecule has 0 saturated heterocycles. The van der Waals surface area contributed by atoms with Crippen LogP contribution in [0.15, 0.2) is 164 Å². The van der Waals surface area contributed by atoms with E-state index in [2.05, 4.69) is 29.4 Å². The Bertz CT molecular complexity index is 4210. The summed E-state index contributed by atoms with van der Waals surface area (Å²) in [7, 11) is 0. The van der Waals surface area contributed by atoms with Crippen molar-refractivity contribution >= 4 is 47.3 Å². The topological polar surface area (TPSA) is 296 Å².